The number of carbonyl (C=O) groups is 2. The number of thiocarbonyl (C=S) groups is 1. The van der Waals surface area contributed by atoms with Gasteiger partial charge in [0.25, 0.3) is 5.91 Å². The number of nitrogens with one attached hydrogen (secondary N) is 1. The molecule has 0 spiro atoms. The van der Waals surface area contributed by atoms with E-state index in [-0.39, 0.29) is 17.9 Å². The predicted molar refractivity (Wildman–Crippen MR) is 121 cm³/mol. The van der Waals surface area contributed by atoms with Gasteiger partial charge in [0.1, 0.15) is 4.32 Å². The van der Waals surface area contributed by atoms with Crippen LogP contribution in [0.2, 0.25) is 0 Å². The third-order valence-electron chi connectivity index (χ3n) is 4.97. The maximum absolute atomic E-state index is 13.4. The second-order valence-electron chi connectivity index (χ2n) is 7.22. The van der Waals surface area contributed by atoms with Crippen LogP contribution in [0.15, 0.2) is 47.8 Å². The highest BCUT2D eigenvalue weighted by Gasteiger charge is 2.40. The first-order chi connectivity index (χ1) is 13.4. The number of rotatable bonds is 6. The summed E-state index contributed by atoms with van der Waals surface area (Å²) in [6.45, 7) is 6.09. The van der Waals surface area contributed by atoms with Gasteiger partial charge in [0.05, 0.1) is 12.0 Å². The van der Waals surface area contributed by atoms with Crippen molar-refractivity contribution >= 4 is 51.5 Å². The minimum atomic E-state index is -0.427. The van der Waals surface area contributed by atoms with Crippen molar-refractivity contribution in [2.45, 2.75) is 32.9 Å². The normalized spacial score (nSPS) is 18.9. The molecule has 3 rings (SSSR count). The van der Waals surface area contributed by atoms with Gasteiger partial charge in [-0.25, -0.2) is 0 Å². The van der Waals surface area contributed by atoms with Crippen molar-refractivity contribution in [3.8, 4) is 0 Å². The fraction of sp³-hybridized carbons (Fsp3) is 0.381. The first-order valence-electron chi connectivity index (χ1n) is 9.29. The van der Waals surface area contributed by atoms with Gasteiger partial charge in [-0.3, -0.25) is 14.5 Å². The van der Waals surface area contributed by atoms with Crippen LogP contribution in [0.3, 0.4) is 0 Å². The predicted octanol–water partition coefficient (Wildman–Crippen LogP) is 4.74. The Morgan fingerprint density at radius 3 is 2.46 bits per heavy atom. The molecule has 0 bridgehead atoms. The topological polar surface area (TPSA) is 49.4 Å². The van der Waals surface area contributed by atoms with Crippen molar-refractivity contribution in [1.82, 2.24) is 10.2 Å². The number of thiophene rings is 1. The number of carbonyl (C=O) groups excluding carboxylic acids is 2. The molecule has 2 amide bonds. The Balaban J connectivity index is 1.85. The smallest absolute Gasteiger partial charge is 0.251 e. The average Bonchev–Trinajstić information content (AvgIpc) is 3.35. The van der Waals surface area contributed by atoms with E-state index in [1.165, 1.54) is 0 Å². The lowest BCUT2D eigenvalue weighted by Crippen LogP contribution is -2.47. The molecule has 1 aromatic heterocycles. The molecule has 0 saturated carbocycles. The van der Waals surface area contributed by atoms with Gasteiger partial charge < -0.3 is 5.32 Å². The molecule has 148 valence electrons. The second-order valence-corrected chi connectivity index (χ2v) is 9.85. The van der Waals surface area contributed by atoms with Crippen LogP contribution in [-0.4, -0.2) is 32.8 Å². The SMILES string of the molecule is CC(C)[C@H]1CSC(=S)N1C(=O)[C@H](C)[C@H](NC(=O)c1ccccc1)c1cccs1. The van der Waals surface area contributed by atoms with Crippen LogP contribution in [0, 0.1) is 11.8 Å². The van der Waals surface area contributed by atoms with E-state index in [0.717, 1.165) is 10.6 Å². The van der Waals surface area contributed by atoms with Crippen LogP contribution < -0.4 is 5.32 Å². The maximum atomic E-state index is 13.4. The summed E-state index contributed by atoms with van der Waals surface area (Å²) in [5.41, 5.74) is 0.580. The molecule has 1 saturated heterocycles. The Kier molecular flexibility index (Phi) is 6.91. The fourth-order valence-corrected chi connectivity index (χ4v) is 5.79. The summed E-state index contributed by atoms with van der Waals surface area (Å²) in [5.74, 6) is 0.514. The minimum Gasteiger partial charge on any atom is -0.344 e. The van der Waals surface area contributed by atoms with E-state index < -0.39 is 12.0 Å². The van der Waals surface area contributed by atoms with Crippen molar-refractivity contribution in [3.05, 3.63) is 58.3 Å². The lowest BCUT2D eigenvalue weighted by Gasteiger charge is -2.32. The van der Waals surface area contributed by atoms with Crippen LogP contribution in [0.5, 0.6) is 0 Å². The van der Waals surface area contributed by atoms with Gasteiger partial charge in [0.15, 0.2) is 0 Å². The highest BCUT2D eigenvalue weighted by atomic mass is 32.2. The lowest BCUT2D eigenvalue weighted by atomic mass is 9.96. The Bertz CT molecular complexity index is 837. The number of nitrogens with zero attached hydrogens (tertiary/aromatic N) is 1. The molecule has 0 unspecified atom stereocenters. The second kappa shape index (κ2) is 9.20. The summed E-state index contributed by atoms with van der Waals surface area (Å²) in [4.78, 5) is 28.9. The van der Waals surface area contributed by atoms with Crippen LogP contribution in [0.25, 0.3) is 0 Å². The first-order valence-corrected chi connectivity index (χ1v) is 11.6. The summed E-state index contributed by atoms with van der Waals surface area (Å²) in [5, 5.41) is 5.03. The third kappa shape index (κ3) is 4.47. The molecule has 1 aliphatic rings. The number of amides is 2. The molecule has 1 aromatic carbocycles. The summed E-state index contributed by atoms with van der Waals surface area (Å²) in [6.07, 6.45) is 0. The van der Waals surface area contributed by atoms with E-state index in [2.05, 4.69) is 19.2 Å². The largest absolute Gasteiger partial charge is 0.344 e. The van der Waals surface area contributed by atoms with Gasteiger partial charge in [-0.1, -0.05) is 69.0 Å². The molecule has 2 heterocycles. The maximum Gasteiger partial charge on any atom is 0.251 e. The summed E-state index contributed by atoms with van der Waals surface area (Å²) < 4.78 is 0.634. The quantitative estimate of drug-likeness (QED) is 0.670. The molecule has 7 heteroatoms. The van der Waals surface area contributed by atoms with E-state index in [0.29, 0.717) is 15.8 Å². The number of hydrogen-bond donors (Lipinski definition) is 1. The third-order valence-corrected chi connectivity index (χ3v) is 7.43. The molecule has 28 heavy (non-hydrogen) atoms. The van der Waals surface area contributed by atoms with Crippen LogP contribution >= 0.6 is 35.3 Å². The van der Waals surface area contributed by atoms with Gasteiger partial charge in [0, 0.05) is 22.2 Å². The summed E-state index contributed by atoms with van der Waals surface area (Å²) >= 11 is 8.57. The van der Waals surface area contributed by atoms with Crippen LogP contribution in [0.4, 0.5) is 0 Å². The lowest BCUT2D eigenvalue weighted by molar-refractivity contribution is -0.133. The van der Waals surface area contributed by atoms with Gasteiger partial charge in [-0.15, -0.1) is 11.3 Å². The number of hydrogen-bond acceptors (Lipinski definition) is 5. The highest BCUT2D eigenvalue weighted by Crippen LogP contribution is 2.34. The molecular formula is C21H24N2O2S3. The standard InChI is InChI=1S/C21H24N2O2S3/c1-13(2)16-12-28-21(26)23(16)20(25)14(3)18(17-10-7-11-27-17)22-19(24)15-8-5-4-6-9-15/h4-11,13-14,16,18H,12H2,1-3H3,(H,22,24)/t14-,16-,18+/m1/s1. The van der Waals surface area contributed by atoms with Crippen molar-refractivity contribution in [2.24, 2.45) is 11.8 Å². The zero-order chi connectivity index (χ0) is 20.3. The molecule has 1 N–H and O–H groups in total. The van der Waals surface area contributed by atoms with Crippen LogP contribution in [0.1, 0.15) is 42.0 Å². The molecule has 0 aliphatic carbocycles. The zero-order valence-corrected chi connectivity index (χ0v) is 18.6. The van der Waals surface area contributed by atoms with Crippen molar-refractivity contribution in [2.75, 3.05) is 5.75 Å². The Labute approximate surface area is 179 Å². The van der Waals surface area contributed by atoms with Gasteiger partial charge in [-0.2, -0.15) is 0 Å². The van der Waals surface area contributed by atoms with Gasteiger partial charge in [0.2, 0.25) is 5.91 Å². The molecule has 2 aromatic rings. The van der Waals surface area contributed by atoms with Crippen molar-refractivity contribution in [1.29, 1.82) is 0 Å². The minimum absolute atomic E-state index is 0.0274. The summed E-state index contributed by atoms with van der Waals surface area (Å²) in [6, 6.07) is 12.7. The summed E-state index contributed by atoms with van der Waals surface area (Å²) in [7, 11) is 0. The molecule has 1 fully saturated rings. The first kappa shape index (κ1) is 21.0. The Morgan fingerprint density at radius 2 is 1.86 bits per heavy atom. The van der Waals surface area contributed by atoms with Gasteiger partial charge in [-0.05, 0) is 29.5 Å². The van der Waals surface area contributed by atoms with E-state index >= 15 is 0 Å². The molecule has 4 nitrogen and oxygen atoms in total. The van der Waals surface area contributed by atoms with Crippen LogP contribution in [-0.2, 0) is 4.79 Å². The Morgan fingerprint density at radius 1 is 1.14 bits per heavy atom. The van der Waals surface area contributed by atoms with Crippen molar-refractivity contribution < 1.29 is 9.59 Å². The highest BCUT2D eigenvalue weighted by molar-refractivity contribution is 8.23. The average molecular weight is 433 g/mol. The van der Waals surface area contributed by atoms with Gasteiger partial charge >= 0.3 is 0 Å². The van der Waals surface area contributed by atoms with E-state index in [4.69, 9.17) is 12.2 Å². The number of thioether (sulfide) groups is 1. The Hall–Kier alpha value is -1.70. The van der Waals surface area contributed by atoms with E-state index in [1.807, 2.05) is 42.6 Å². The monoisotopic (exact) mass is 432 g/mol. The fourth-order valence-electron chi connectivity index (χ4n) is 3.27. The number of benzene rings is 1. The zero-order valence-electron chi connectivity index (χ0n) is 16.1. The van der Waals surface area contributed by atoms with E-state index in [1.54, 1.807) is 40.1 Å². The van der Waals surface area contributed by atoms with E-state index in [9.17, 15) is 9.59 Å². The molecule has 3 atom stereocenters. The molecular weight excluding hydrogens is 408 g/mol. The molecule has 0 radical (unpaired) electrons. The molecule has 1 aliphatic heterocycles. The van der Waals surface area contributed by atoms with Crippen molar-refractivity contribution in [3.63, 3.8) is 0 Å².